The fourth-order valence-corrected chi connectivity index (χ4v) is 18.0. The number of ether oxygens (including phenoxy) is 5. The number of H-pyrrole nitrogens is 1. The van der Waals surface area contributed by atoms with Gasteiger partial charge in [-0.3, -0.25) is 33.8 Å². The number of nitrogens with one attached hydrogen (secondary N) is 1. The number of phenols is 1. The molecule has 7 atom stereocenters. The van der Waals surface area contributed by atoms with E-state index in [9.17, 15) is 59.7 Å². The van der Waals surface area contributed by atoms with Gasteiger partial charge in [-0.05, 0) is 285 Å². The third-order valence-corrected chi connectivity index (χ3v) is 25.8. The third kappa shape index (κ3) is 20.7. The summed E-state index contributed by atoms with van der Waals surface area (Å²) in [5.41, 5.74) is -5.82. The summed E-state index contributed by atoms with van der Waals surface area (Å²) in [6.45, 7) is 25.1. The lowest BCUT2D eigenvalue weighted by Gasteiger charge is -2.54. The van der Waals surface area contributed by atoms with Crippen LogP contribution in [0.15, 0.2) is 151 Å². The van der Waals surface area contributed by atoms with Crippen LogP contribution in [0.1, 0.15) is 186 Å². The van der Waals surface area contributed by atoms with Crippen molar-refractivity contribution in [2.24, 2.45) is 80.3 Å². The van der Waals surface area contributed by atoms with Gasteiger partial charge in [0.2, 0.25) is 0 Å². The molecular formula is C82H104F3NO17S2. The van der Waals surface area contributed by atoms with Crippen LogP contribution >= 0.6 is 0 Å². The Hall–Kier alpha value is -7.76. The largest absolute Gasteiger partial charge is 0.745 e. The monoisotopic (exact) mass is 1500 g/mol. The van der Waals surface area contributed by atoms with Gasteiger partial charge in [0.25, 0.3) is 5.44 Å². The van der Waals surface area contributed by atoms with Gasteiger partial charge < -0.3 is 37.8 Å². The summed E-state index contributed by atoms with van der Waals surface area (Å²) in [6.07, 6.45) is 8.82. The molecule has 105 heavy (non-hydrogen) atoms. The number of carbonyl (C=O) groups is 6. The highest BCUT2D eigenvalue weighted by Crippen LogP contribution is 2.67. The number of aromatic amines is 1. The Kier molecular flexibility index (Phi) is 27.2. The Labute approximate surface area is 618 Å². The molecule has 6 aromatic rings. The molecule has 572 valence electrons. The van der Waals surface area contributed by atoms with Gasteiger partial charge in [-0.2, -0.15) is 13.2 Å². The number of halogens is 3. The van der Waals surface area contributed by atoms with Crippen molar-refractivity contribution in [1.29, 1.82) is 0 Å². The maximum atomic E-state index is 12.7. The molecule has 14 rings (SSSR count). The van der Waals surface area contributed by atoms with Crippen molar-refractivity contribution in [2.45, 2.75) is 213 Å². The Bertz CT molecular complexity index is 4030. The van der Waals surface area contributed by atoms with Crippen LogP contribution in [0.5, 0.6) is 23.0 Å². The molecule has 8 aliphatic carbocycles. The minimum Gasteiger partial charge on any atom is -0.745 e. The van der Waals surface area contributed by atoms with Crippen LogP contribution < -0.4 is 20.0 Å². The van der Waals surface area contributed by atoms with E-state index in [0.29, 0.717) is 54.2 Å². The van der Waals surface area contributed by atoms with E-state index in [1.807, 2.05) is 114 Å². The highest BCUT2D eigenvalue weighted by Gasteiger charge is 2.62. The van der Waals surface area contributed by atoms with Crippen molar-refractivity contribution >= 4 is 67.7 Å². The standard InChI is InChI=1S/C24H25O2S.C13H15F3O6S.C13H15NO4.C12H16O3.C12H18.C8H16O2/c1-4-24(2,3)23(25)26-19-15-17-22(18-16-19)27(20-11-7-5-8-12-20)21-13-9-6-10-14-21;14-13(15,16)11(23(19,20)21)22-10(18)12-3-6-1-7(4-12)9(17)8(2-6)5-12;1-4-13(2,3)11(15)17-8-5-6-9-10(7-8)18-12(16)14-9;1-4-12(2,3)11(14)15-10-7-5-9(13)6-8-10;1-2-8-5-7(1)11-9-3-4-10(6-9)12(8)11;1-5-8(3,4)7(9)10-6-2/h5-18H,4H2,1-3H3;6-8,11H,1-5H2,(H,19,20,21);5-7H,4H2,1-3H3,(H,14,16);5-8,13H,4H2,1-3H3;7-12H,1-6H2;5-6H2,1-4H3/q+1;;;;;/p-1. The fraction of sp³-hybridized carbons (Fsp3) is 0.549. The molecule has 0 aliphatic heterocycles. The van der Waals surface area contributed by atoms with E-state index in [0.717, 1.165) is 19.3 Å². The normalized spacial score (nSPS) is 23.4. The number of Topliss-reactive ketones (excluding diaryl/α,β-unsaturated/α-hetero) is 1. The Morgan fingerprint density at radius 1 is 0.562 bits per heavy atom. The number of hydrogen-bond acceptors (Lipinski definition) is 17. The lowest BCUT2D eigenvalue weighted by Crippen LogP contribution is -2.56. The molecule has 8 saturated carbocycles. The molecule has 7 unspecified atom stereocenters. The van der Waals surface area contributed by atoms with Gasteiger partial charge in [-0.25, -0.2) is 13.2 Å². The lowest BCUT2D eigenvalue weighted by molar-refractivity contribution is -0.213. The quantitative estimate of drug-likeness (QED) is 0.0266. The van der Waals surface area contributed by atoms with Crippen LogP contribution in [-0.2, 0) is 59.3 Å². The van der Waals surface area contributed by atoms with Crippen LogP contribution in [0.3, 0.4) is 0 Å². The summed E-state index contributed by atoms with van der Waals surface area (Å²) in [4.78, 5) is 88.4. The number of hydrogen-bond donors (Lipinski definition) is 2. The first-order valence-corrected chi connectivity index (χ1v) is 39.4. The highest BCUT2D eigenvalue weighted by molar-refractivity contribution is 7.97. The van der Waals surface area contributed by atoms with Crippen molar-refractivity contribution in [3.05, 3.63) is 138 Å². The zero-order chi connectivity index (χ0) is 77.2. The number of ketones is 1. The second-order valence-electron chi connectivity index (χ2n) is 31.5. The van der Waals surface area contributed by atoms with Gasteiger partial charge in [0, 0.05) is 17.9 Å². The maximum Gasteiger partial charge on any atom is 0.439 e. The summed E-state index contributed by atoms with van der Waals surface area (Å²) >= 11 is 0. The number of carbonyl (C=O) groups excluding carboxylic acids is 6. The summed E-state index contributed by atoms with van der Waals surface area (Å²) in [5.74, 6) is 5.46. The number of phenolic OH excluding ortho intramolecular Hbond substituents is 1. The number of benzene rings is 5. The molecule has 1 aromatic heterocycles. The zero-order valence-electron chi connectivity index (χ0n) is 62.6. The number of aromatic hydroxyl groups is 1. The van der Waals surface area contributed by atoms with E-state index in [-0.39, 0.29) is 88.7 Å². The summed E-state index contributed by atoms with van der Waals surface area (Å²) in [7, 11) is -6.08. The van der Waals surface area contributed by atoms with Crippen LogP contribution in [0.2, 0.25) is 0 Å². The van der Waals surface area contributed by atoms with E-state index in [1.165, 1.54) is 68.4 Å². The molecule has 18 nitrogen and oxygen atoms in total. The van der Waals surface area contributed by atoms with Gasteiger partial charge >= 0.3 is 41.8 Å². The second-order valence-corrected chi connectivity index (χ2v) is 35.0. The van der Waals surface area contributed by atoms with Gasteiger partial charge in [0.05, 0.1) is 50.1 Å². The molecule has 8 fully saturated rings. The molecule has 0 spiro atoms. The molecule has 23 heteroatoms. The number of esters is 5. The van der Waals surface area contributed by atoms with E-state index in [4.69, 9.17) is 28.5 Å². The first-order valence-electron chi connectivity index (χ1n) is 36.8. The predicted octanol–water partition coefficient (Wildman–Crippen LogP) is 17.7. The maximum absolute atomic E-state index is 12.7. The predicted molar refractivity (Wildman–Crippen MR) is 392 cm³/mol. The Morgan fingerprint density at radius 2 is 0.952 bits per heavy atom. The topological polar surface area (TPSA) is 272 Å². The van der Waals surface area contributed by atoms with Crippen molar-refractivity contribution in [3.63, 3.8) is 0 Å². The zero-order valence-corrected chi connectivity index (χ0v) is 64.3. The number of alkyl halides is 3. The molecule has 0 saturated heterocycles. The highest BCUT2D eigenvalue weighted by atomic mass is 32.2. The van der Waals surface area contributed by atoms with Crippen LogP contribution in [0.4, 0.5) is 13.2 Å². The number of aromatic nitrogens is 1. The average Bonchev–Trinajstić information content (AvgIpc) is 1.57. The summed E-state index contributed by atoms with van der Waals surface area (Å²) < 4.78 is 100. The van der Waals surface area contributed by atoms with Gasteiger partial charge in [0.15, 0.2) is 20.3 Å². The van der Waals surface area contributed by atoms with E-state index in [1.54, 1.807) is 62.8 Å². The van der Waals surface area contributed by atoms with Crippen molar-refractivity contribution in [1.82, 2.24) is 4.98 Å². The SMILES string of the molecule is C1CC2CC1C1C3CCC(C3)C21.CCC(C)(C)C(=O)Oc1ccc(O)cc1.CCC(C)(C)C(=O)Oc1ccc([S+](c2ccccc2)c2ccccc2)cc1.CCC(C)(C)C(=O)Oc1ccc2[nH]c(=O)oc2c1.CCOC(=O)C(C)(C)CC.O=C1C2CC3CC1CC(C(=O)OC(C(F)(F)F)S(=O)(=O)[O-])(C3)C2. The Morgan fingerprint density at radius 3 is 1.35 bits per heavy atom. The molecular weight excluding hydrogens is 1390 g/mol. The molecule has 8 bridgehead atoms. The molecule has 1 heterocycles. The molecule has 8 aliphatic rings. The number of oxazole rings is 1. The molecule has 0 amide bonds. The summed E-state index contributed by atoms with van der Waals surface area (Å²) in [6, 6.07) is 39.8. The first-order chi connectivity index (χ1) is 49.3. The minimum atomic E-state index is -5.88. The van der Waals surface area contributed by atoms with Crippen LogP contribution in [-0.4, -0.2) is 76.9 Å². The second kappa shape index (κ2) is 34.4. The van der Waals surface area contributed by atoms with E-state index >= 15 is 0 Å². The van der Waals surface area contributed by atoms with Crippen LogP contribution in [0.25, 0.3) is 11.1 Å². The van der Waals surface area contributed by atoms with Crippen molar-refractivity contribution in [3.8, 4) is 23.0 Å². The van der Waals surface area contributed by atoms with Gasteiger partial charge in [0.1, 0.15) is 38.9 Å². The first kappa shape index (κ1) is 82.9. The smallest absolute Gasteiger partial charge is 0.439 e. The van der Waals surface area contributed by atoms with Gasteiger partial charge in [-0.15, -0.1) is 0 Å². The van der Waals surface area contributed by atoms with Gasteiger partial charge in [-0.1, -0.05) is 64.1 Å². The molecule has 2 N–H and O–H groups in total. The molecule has 0 radical (unpaired) electrons. The number of fused-ring (bicyclic) bond motifs is 10. The lowest BCUT2D eigenvalue weighted by atomic mass is 9.49. The Balaban J connectivity index is 0.000000164. The van der Waals surface area contributed by atoms with Crippen molar-refractivity contribution < 1.29 is 88.1 Å². The van der Waals surface area contributed by atoms with E-state index in [2.05, 4.69) is 70.4 Å². The third-order valence-electron chi connectivity index (χ3n) is 22.7. The van der Waals surface area contributed by atoms with Crippen LogP contribution in [0, 0.1) is 80.3 Å². The van der Waals surface area contributed by atoms with Crippen molar-refractivity contribution in [2.75, 3.05) is 6.61 Å². The fourth-order valence-electron chi connectivity index (χ4n) is 15.3. The average molecular weight is 1500 g/mol. The number of rotatable bonds is 18. The molecule has 5 aromatic carbocycles. The summed E-state index contributed by atoms with van der Waals surface area (Å²) in [5, 5.41) is 9.06. The minimum absolute atomic E-state index is 0.0215. The van der Waals surface area contributed by atoms with E-state index < -0.39 is 55.1 Å².